The summed E-state index contributed by atoms with van der Waals surface area (Å²) in [6.07, 6.45) is 7.79. The number of halogens is 2. The number of nitrogens with zero attached hydrogens (tertiary/aromatic N) is 4. The standard InChI is InChI=1S/C17H22F2N4O/c18-17(19)5-9-23(15(24)13-2-1-3-13)12-16(17)4-8-22(11-16)14-10-20-6-7-21-14/h6-7,10,13H,1-5,8-9,11-12H2/t16-/m0/s1. The maximum atomic E-state index is 14.8. The summed E-state index contributed by atoms with van der Waals surface area (Å²) >= 11 is 0. The second-order valence-corrected chi connectivity index (χ2v) is 7.36. The first-order valence-electron chi connectivity index (χ1n) is 8.68. The zero-order valence-electron chi connectivity index (χ0n) is 13.6. The molecule has 2 aliphatic heterocycles. The first-order valence-corrected chi connectivity index (χ1v) is 8.68. The Morgan fingerprint density at radius 1 is 1.17 bits per heavy atom. The van der Waals surface area contributed by atoms with Crippen LogP contribution in [0.15, 0.2) is 18.6 Å². The quantitative estimate of drug-likeness (QED) is 0.832. The molecule has 0 N–H and O–H groups in total. The second kappa shape index (κ2) is 5.63. The van der Waals surface area contributed by atoms with Gasteiger partial charge in [0.05, 0.1) is 11.6 Å². The molecule has 1 saturated carbocycles. The van der Waals surface area contributed by atoms with Crippen LogP contribution in [0.2, 0.25) is 0 Å². The molecular weight excluding hydrogens is 314 g/mol. The molecule has 4 rings (SSSR count). The number of carbonyl (C=O) groups is 1. The summed E-state index contributed by atoms with van der Waals surface area (Å²) in [4.78, 5) is 24.4. The van der Waals surface area contributed by atoms with Crippen molar-refractivity contribution >= 4 is 11.7 Å². The highest BCUT2D eigenvalue weighted by molar-refractivity contribution is 5.79. The number of likely N-dealkylation sites (tertiary alicyclic amines) is 1. The lowest BCUT2D eigenvalue weighted by Gasteiger charge is -2.47. The van der Waals surface area contributed by atoms with Crippen molar-refractivity contribution in [1.29, 1.82) is 0 Å². The SMILES string of the molecule is O=C(C1CCC1)N1CCC(F)(F)[C@]2(CCN(c3cnccn3)C2)C1. The largest absolute Gasteiger partial charge is 0.354 e. The van der Waals surface area contributed by atoms with E-state index in [2.05, 4.69) is 9.97 Å². The minimum atomic E-state index is -2.75. The molecule has 7 heteroatoms. The molecule has 5 nitrogen and oxygen atoms in total. The van der Waals surface area contributed by atoms with Gasteiger partial charge < -0.3 is 9.80 Å². The predicted molar refractivity (Wildman–Crippen MR) is 84.8 cm³/mol. The molecule has 2 saturated heterocycles. The van der Waals surface area contributed by atoms with Gasteiger partial charge in [-0.2, -0.15) is 0 Å². The van der Waals surface area contributed by atoms with Crippen LogP contribution in [-0.2, 0) is 4.79 Å². The Bertz CT molecular complexity index is 622. The van der Waals surface area contributed by atoms with Crippen molar-refractivity contribution in [1.82, 2.24) is 14.9 Å². The number of aromatic nitrogens is 2. The van der Waals surface area contributed by atoms with Gasteiger partial charge in [0.15, 0.2) is 0 Å². The van der Waals surface area contributed by atoms with Crippen molar-refractivity contribution in [2.45, 2.75) is 38.0 Å². The van der Waals surface area contributed by atoms with E-state index < -0.39 is 11.3 Å². The van der Waals surface area contributed by atoms with Crippen LogP contribution in [0.4, 0.5) is 14.6 Å². The first kappa shape index (κ1) is 15.7. The number of rotatable bonds is 2. The monoisotopic (exact) mass is 336 g/mol. The van der Waals surface area contributed by atoms with Gasteiger partial charge in [0.25, 0.3) is 5.92 Å². The van der Waals surface area contributed by atoms with Crippen LogP contribution in [0.25, 0.3) is 0 Å². The lowest BCUT2D eigenvalue weighted by molar-refractivity contribution is -0.172. The fourth-order valence-corrected chi connectivity index (χ4v) is 4.15. The Morgan fingerprint density at radius 3 is 2.67 bits per heavy atom. The zero-order valence-corrected chi connectivity index (χ0v) is 13.6. The smallest absolute Gasteiger partial charge is 0.258 e. The highest BCUT2D eigenvalue weighted by Crippen LogP contribution is 2.50. The Labute approximate surface area is 140 Å². The highest BCUT2D eigenvalue weighted by atomic mass is 19.3. The number of anilines is 1. The molecule has 1 amide bonds. The molecule has 130 valence electrons. The van der Waals surface area contributed by atoms with Gasteiger partial charge in [0, 0.05) is 50.9 Å². The van der Waals surface area contributed by atoms with E-state index in [1.807, 2.05) is 4.90 Å². The Hall–Kier alpha value is -1.79. The molecule has 0 bridgehead atoms. The van der Waals surface area contributed by atoms with E-state index in [4.69, 9.17) is 0 Å². The summed E-state index contributed by atoms with van der Waals surface area (Å²) < 4.78 is 29.6. The van der Waals surface area contributed by atoms with Crippen LogP contribution in [0.1, 0.15) is 32.1 Å². The van der Waals surface area contributed by atoms with Crippen molar-refractivity contribution in [3.05, 3.63) is 18.6 Å². The van der Waals surface area contributed by atoms with Crippen LogP contribution < -0.4 is 4.90 Å². The lowest BCUT2D eigenvalue weighted by Crippen LogP contribution is -2.59. The average molecular weight is 336 g/mol. The minimum Gasteiger partial charge on any atom is -0.354 e. The highest BCUT2D eigenvalue weighted by Gasteiger charge is 2.60. The number of amides is 1. The van der Waals surface area contributed by atoms with Crippen LogP contribution in [0.3, 0.4) is 0 Å². The van der Waals surface area contributed by atoms with Gasteiger partial charge in [-0.1, -0.05) is 6.42 Å². The summed E-state index contributed by atoms with van der Waals surface area (Å²) in [5.74, 6) is -1.98. The molecule has 3 fully saturated rings. The van der Waals surface area contributed by atoms with Crippen molar-refractivity contribution in [2.75, 3.05) is 31.1 Å². The van der Waals surface area contributed by atoms with Crippen LogP contribution in [0.5, 0.6) is 0 Å². The number of piperidine rings is 1. The summed E-state index contributed by atoms with van der Waals surface area (Å²) in [7, 11) is 0. The molecule has 0 radical (unpaired) electrons. The molecule has 1 spiro atoms. The van der Waals surface area contributed by atoms with Crippen molar-refractivity contribution in [3.8, 4) is 0 Å². The van der Waals surface area contributed by atoms with E-state index >= 15 is 0 Å². The van der Waals surface area contributed by atoms with E-state index in [0.717, 1.165) is 19.3 Å². The fraction of sp³-hybridized carbons (Fsp3) is 0.706. The number of alkyl halides is 2. The second-order valence-electron chi connectivity index (χ2n) is 7.36. The Kier molecular flexibility index (Phi) is 3.69. The average Bonchev–Trinajstić information content (AvgIpc) is 2.95. The van der Waals surface area contributed by atoms with E-state index in [-0.39, 0.29) is 37.9 Å². The van der Waals surface area contributed by atoms with E-state index in [9.17, 15) is 13.6 Å². The third-order valence-electron chi connectivity index (χ3n) is 5.96. The molecule has 1 aromatic rings. The van der Waals surface area contributed by atoms with Gasteiger partial charge >= 0.3 is 0 Å². The number of carbonyl (C=O) groups excluding carboxylic acids is 1. The Balaban J connectivity index is 1.54. The molecule has 0 aromatic carbocycles. The van der Waals surface area contributed by atoms with Crippen LogP contribution in [0, 0.1) is 11.3 Å². The third-order valence-corrected chi connectivity index (χ3v) is 5.96. The molecular formula is C17H22F2N4O. The summed E-state index contributed by atoms with van der Waals surface area (Å²) in [6, 6.07) is 0. The fourth-order valence-electron chi connectivity index (χ4n) is 4.15. The lowest BCUT2D eigenvalue weighted by atomic mass is 9.74. The van der Waals surface area contributed by atoms with Crippen LogP contribution >= 0.6 is 0 Å². The number of hydrogen-bond donors (Lipinski definition) is 0. The van der Waals surface area contributed by atoms with E-state index in [1.165, 1.54) is 0 Å². The zero-order chi connectivity index (χ0) is 16.8. The van der Waals surface area contributed by atoms with Gasteiger partial charge in [0.2, 0.25) is 5.91 Å². The first-order chi connectivity index (χ1) is 11.5. The maximum absolute atomic E-state index is 14.8. The molecule has 3 aliphatic rings. The molecule has 1 atom stereocenters. The van der Waals surface area contributed by atoms with E-state index in [1.54, 1.807) is 23.5 Å². The normalized spacial score (nSPS) is 29.8. The summed E-state index contributed by atoms with van der Waals surface area (Å²) in [6.45, 7) is 1.09. The van der Waals surface area contributed by atoms with Gasteiger partial charge in [-0.05, 0) is 19.3 Å². The minimum absolute atomic E-state index is 0.0614. The summed E-state index contributed by atoms with van der Waals surface area (Å²) in [5.41, 5.74) is -1.16. The molecule has 24 heavy (non-hydrogen) atoms. The van der Waals surface area contributed by atoms with Gasteiger partial charge in [-0.25, -0.2) is 13.8 Å². The maximum Gasteiger partial charge on any atom is 0.258 e. The Morgan fingerprint density at radius 2 is 2.00 bits per heavy atom. The van der Waals surface area contributed by atoms with Crippen molar-refractivity contribution in [3.63, 3.8) is 0 Å². The number of hydrogen-bond acceptors (Lipinski definition) is 4. The topological polar surface area (TPSA) is 49.3 Å². The molecule has 1 aromatic heterocycles. The van der Waals surface area contributed by atoms with Gasteiger partial charge in [-0.3, -0.25) is 9.78 Å². The molecule has 1 aliphatic carbocycles. The molecule has 0 unspecified atom stereocenters. The van der Waals surface area contributed by atoms with E-state index in [0.29, 0.717) is 18.8 Å². The van der Waals surface area contributed by atoms with Crippen LogP contribution in [-0.4, -0.2) is 52.9 Å². The predicted octanol–water partition coefficient (Wildman–Crippen LogP) is 2.34. The third kappa shape index (κ3) is 2.45. The summed E-state index contributed by atoms with van der Waals surface area (Å²) in [5, 5.41) is 0. The van der Waals surface area contributed by atoms with Crippen molar-refractivity contribution < 1.29 is 13.6 Å². The van der Waals surface area contributed by atoms with Crippen molar-refractivity contribution in [2.24, 2.45) is 11.3 Å². The molecule has 3 heterocycles. The van der Waals surface area contributed by atoms with Gasteiger partial charge in [-0.15, -0.1) is 0 Å². The van der Waals surface area contributed by atoms with Gasteiger partial charge in [0.1, 0.15) is 5.82 Å².